The highest BCUT2D eigenvalue weighted by Crippen LogP contribution is 2.26. The number of rotatable bonds is 5. The van der Waals surface area contributed by atoms with Crippen LogP contribution in [0.15, 0.2) is 48.7 Å². The number of carbonyl (C=O) groups is 3. The molecule has 29 heavy (non-hydrogen) atoms. The molecular formula is C20H20N4O5. The maximum atomic E-state index is 12.4. The average molecular weight is 396 g/mol. The molecule has 2 aromatic rings. The van der Waals surface area contributed by atoms with Crippen molar-refractivity contribution in [2.45, 2.75) is 38.5 Å². The summed E-state index contributed by atoms with van der Waals surface area (Å²) in [7, 11) is 0. The number of nitrogens with zero attached hydrogens (tertiary/aromatic N) is 2. The normalized spacial score (nSPS) is 17.9. The van der Waals surface area contributed by atoms with Crippen LogP contribution in [-0.2, 0) is 19.1 Å². The Kier molecular flexibility index (Phi) is 4.57. The van der Waals surface area contributed by atoms with Crippen LogP contribution in [0.2, 0.25) is 0 Å². The van der Waals surface area contributed by atoms with Gasteiger partial charge in [-0.25, -0.2) is 14.6 Å². The monoisotopic (exact) mass is 396 g/mol. The number of carbonyl (C=O) groups excluding carboxylic acids is 3. The first kappa shape index (κ1) is 18.7. The lowest BCUT2D eigenvalue weighted by atomic mass is 10.1. The molecule has 150 valence electrons. The standard InChI is InChI=1S/C20H20N4O5/c1-20(2)28-18(26)14(19(27)29-20)10-22-15-9-12(17(25)23-13-4-5-13)3-6-16(15)24-8-7-21-11-24/h3,6-11,13,22H,4-5H2,1-2H3,(H,23,25). The van der Waals surface area contributed by atoms with E-state index in [0.29, 0.717) is 16.9 Å². The van der Waals surface area contributed by atoms with Crippen molar-refractivity contribution in [1.82, 2.24) is 14.9 Å². The van der Waals surface area contributed by atoms with E-state index in [1.165, 1.54) is 20.0 Å². The van der Waals surface area contributed by atoms with E-state index >= 15 is 0 Å². The van der Waals surface area contributed by atoms with Crippen LogP contribution in [0.5, 0.6) is 0 Å². The van der Waals surface area contributed by atoms with Crippen LogP contribution < -0.4 is 10.6 Å². The first-order valence-electron chi connectivity index (χ1n) is 9.19. The zero-order chi connectivity index (χ0) is 20.6. The Balaban J connectivity index is 1.64. The van der Waals surface area contributed by atoms with Crippen LogP contribution >= 0.6 is 0 Å². The minimum Gasteiger partial charge on any atom is -0.419 e. The van der Waals surface area contributed by atoms with E-state index in [4.69, 9.17) is 9.47 Å². The number of esters is 2. The fraction of sp³-hybridized carbons (Fsp3) is 0.300. The third-order valence-electron chi connectivity index (χ3n) is 4.44. The van der Waals surface area contributed by atoms with E-state index in [9.17, 15) is 14.4 Å². The van der Waals surface area contributed by atoms with E-state index < -0.39 is 17.7 Å². The largest absolute Gasteiger partial charge is 0.419 e. The highest BCUT2D eigenvalue weighted by Gasteiger charge is 2.39. The van der Waals surface area contributed by atoms with Gasteiger partial charge in [-0.2, -0.15) is 0 Å². The first-order valence-corrected chi connectivity index (χ1v) is 9.19. The zero-order valence-corrected chi connectivity index (χ0v) is 16.0. The number of nitrogens with one attached hydrogen (secondary N) is 2. The molecule has 1 aliphatic carbocycles. The van der Waals surface area contributed by atoms with Gasteiger partial charge in [-0.05, 0) is 31.0 Å². The Morgan fingerprint density at radius 1 is 1.24 bits per heavy atom. The highest BCUT2D eigenvalue weighted by atomic mass is 16.7. The fourth-order valence-electron chi connectivity index (χ4n) is 2.84. The Morgan fingerprint density at radius 2 is 1.97 bits per heavy atom. The number of benzene rings is 1. The molecule has 0 radical (unpaired) electrons. The van der Waals surface area contributed by atoms with Gasteiger partial charge < -0.3 is 24.7 Å². The Hall–Kier alpha value is -3.62. The zero-order valence-electron chi connectivity index (χ0n) is 16.0. The van der Waals surface area contributed by atoms with E-state index in [-0.39, 0.29) is 17.5 Å². The number of hydrogen-bond donors (Lipinski definition) is 2. The van der Waals surface area contributed by atoms with Crippen molar-refractivity contribution < 1.29 is 23.9 Å². The van der Waals surface area contributed by atoms with Crippen LogP contribution in [-0.4, -0.2) is 39.2 Å². The molecular weight excluding hydrogens is 376 g/mol. The lowest BCUT2D eigenvalue weighted by Gasteiger charge is -2.29. The summed E-state index contributed by atoms with van der Waals surface area (Å²) in [5.41, 5.74) is 1.37. The molecule has 0 atom stereocenters. The molecule has 1 saturated carbocycles. The molecule has 1 saturated heterocycles. The summed E-state index contributed by atoms with van der Waals surface area (Å²) < 4.78 is 11.9. The van der Waals surface area contributed by atoms with E-state index in [2.05, 4.69) is 15.6 Å². The van der Waals surface area contributed by atoms with Gasteiger partial charge in [-0.3, -0.25) is 4.79 Å². The number of amides is 1. The van der Waals surface area contributed by atoms with Gasteiger partial charge in [0.25, 0.3) is 11.7 Å². The fourth-order valence-corrected chi connectivity index (χ4v) is 2.84. The third kappa shape index (κ3) is 4.13. The van der Waals surface area contributed by atoms with Crippen molar-refractivity contribution in [3.8, 4) is 5.69 Å². The smallest absolute Gasteiger partial charge is 0.350 e. The quantitative estimate of drug-likeness (QED) is 0.451. The van der Waals surface area contributed by atoms with Gasteiger partial charge in [-0.15, -0.1) is 0 Å². The van der Waals surface area contributed by atoms with E-state index in [1.54, 1.807) is 41.5 Å². The second-order valence-corrected chi connectivity index (χ2v) is 7.33. The molecule has 1 aromatic carbocycles. The van der Waals surface area contributed by atoms with Crippen molar-refractivity contribution in [3.63, 3.8) is 0 Å². The lowest BCUT2D eigenvalue weighted by molar-refractivity contribution is -0.222. The summed E-state index contributed by atoms with van der Waals surface area (Å²) in [6.45, 7) is 2.96. The average Bonchev–Trinajstić information content (AvgIpc) is 3.29. The number of imidazole rings is 1. The van der Waals surface area contributed by atoms with Crippen LogP contribution in [0.4, 0.5) is 5.69 Å². The van der Waals surface area contributed by atoms with Crippen LogP contribution in [0, 0.1) is 0 Å². The summed E-state index contributed by atoms with van der Waals surface area (Å²) in [5.74, 6) is -3.07. The predicted octanol–water partition coefficient (Wildman–Crippen LogP) is 1.90. The molecule has 2 fully saturated rings. The second-order valence-electron chi connectivity index (χ2n) is 7.33. The summed E-state index contributed by atoms with van der Waals surface area (Å²) in [6.07, 6.45) is 8.14. The molecule has 2 aliphatic rings. The van der Waals surface area contributed by atoms with Gasteiger partial charge in [0.15, 0.2) is 5.57 Å². The number of ether oxygens (including phenoxy) is 2. The predicted molar refractivity (Wildman–Crippen MR) is 102 cm³/mol. The highest BCUT2D eigenvalue weighted by molar-refractivity contribution is 6.15. The van der Waals surface area contributed by atoms with Crippen LogP contribution in [0.25, 0.3) is 5.69 Å². The molecule has 0 spiro atoms. The molecule has 0 unspecified atom stereocenters. The molecule has 9 heteroatoms. The molecule has 2 heterocycles. The number of hydrogen-bond acceptors (Lipinski definition) is 7. The minimum absolute atomic E-state index is 0.182. The summed E-state index contributed by atoms with van der Waals surface area (Å²) in [4.78, 5) is 40.7. The van der Waals surface area contributed by atoms with E-state index in [1.807, 2.05) is 0 Å². The van der Waals surface area contributed by atoms with Crippen LogP contribution in [0.1, 0.15) is 37.0 Å². The topological polar surface area (TPSA) is 112 Å². The lowest BCUT2D eigenvalue weighted by Crippen LogP contribution is -2.42. The Labute approximate surface area is 166 Å². The molecule has 0 bridgehead atoms. The third-order valence-corrected chi connectivity index (χ3v) is 4.44. The SMILES string of the molecule is CC1(C)OC(=O)C(=CNc2cc(C(=O)NC3CC3)ccc2-n2ccnc2)C(=O)O1. The number of aromatic nitrogens is 2. The maximum Gasteiger partial charge on any atom is 0.350 e. The van der Waals surface area contributed by atoms with Gasteiger partial charge in [0, 0.05) is 44.0 Å². The molecule has 9 nitrogen and oxygen atoms in total. The Morgan fingerprint density at radius 3 is 2.59 bits per heavy atom. The van der Waals surface area contributed by atoms with Crippen molar-refractivity contribution in [3.05, 3.63) is 54.3 Å². The Bertz CT molecular complexity index is 984. The second kappa shape index (κ2) is 7.08. The van der Waals surface area contributed by atoms with Crippen LogP contribution in [0.3, 0.4) is 0 Å². The van der Waals surface area contributed by atoms with Crippen molar-refractivity contribution in [2.24, 2.45) is 0 Å². The number of cyclic esters (lactones) is 2. The molecule has 1 aromatic heterocycles. The van der Waals surface area contributed by atoms with Crippen molar-refractivity contribution in [2.75, 3.05) is 5.32 Å². The summed E-state index contributed by atoms with van der Waals surface area (Å²) >= 11 is 0. The van der Waals surface area contributed by atoms with Gasteiger partial charge in [-0.1, -0.05) is 0 Å². The van der Waals surface area contributed by atoms with Gasteiger partial charge >= 0.3 is 11.9 Å². The van der Waals surface area contributed by atoms with Crippen molar-refractivity contribution >= 4 is 23.5 Å². The maximum absolute atomic E-state index is 12.4. The van der Waals surface area contributed by atoms with Gasteiger partial charge in [0.1, 0.15) is 0 Å². The number of anilines is 1. The van der Waals surface area contributed by atoms with Crippen molar-refractivity contribution in [1.29, 1.82) is 0 Å². The molecule has 1 amide bonds. The van der Waals surface area contributed by atoms with E-state index in [0.717, 1.165) is 12.8 Å². The summed E-state index contributed by atoms with van der Waals surface area (Å²) in [5, 5.41) is 5.86. The molecule has 4 rings (SSSR count). The van der Waals surface area contributed by atoms with Gasteiger partial charge in [0.05, 0.1) is 17.7 Å². The molecule has 1 aliphatic heterocycles. The molecule has 2 N–H and O–H groups in total. The minimum atomic E-state index is -1.31. The first-order chi connectivity index (χ1) is 13.8. The summed E-state index contributed by atoms with van der Waals surface area (Å²) in [6, 6.07) is 5.33. The van der Waals surface area contributed by atoms with Gasteiger partial charge in [0.2, 0.25) is 0 Å².